The molecule has 0 radical (unpaired) electrons. The van der Waals surface area contributed by atoms with Crippen molar-refractivity contribution in [1.82, 2.24) is 10.2 Å². The number of hydrogen-bond donors (Lipinski definition) is 1. The lowest BCUT2D eigenvalue weighted by Crippen LogP contribution is -2.54. The summed E-state index contributed by atoms with van der Waals surface area (Å²) in [5.41, 5.74) is 2.48. The molecule has 0 aliphatic rings. The lowest BCUT2D eigenvalue weighted by atomic mass is 10.0. The number of nitrogens with zero attached hydrogens (tertiary/aromatic N) is 2. The molecule has 7 nitrogen and oxygen atoms in total. The van der Waals surface area contributed by atoms with E-state index in [4.69, 9.17) is 34.8 Å². The highest BCUT2D eigenvalue weighted by Crippen LogP contribution is 2.28. The Morgan fingerprint density at radius 2 is 1.49 bits per heavy atom. The lowest BCUT2D eigenvalue weighted by Gasteiger charge is -2.34. The van der Waals surface area contributed by atoms with E-state index in [-0.39, 0.29) is 29.8 Å². The van der Waals surface area contributed by atoms with E-state index < -0.39 is 28.5 Å². The summed E-state index contributed by atoms with van der Waals surface area (Å²) >= 11 is 18.7. The molecule has 1 atom stereocenters. The Balaban J connectivity index is 1.83. The molecular formula is C34H34Cl3N3O4S. The molecule has 11 heteroatoms. The van der Waals surface area contributed by atoms with Gasteiger partial charge in [0.1, 0.15) is 12.6 Å². The molecule has 0 spiro atoms. The van der Waals surface area contributed by atoms with Crippen molar-refractivity contribution in [3.63, 3.8) is 0 Å². The molecule has 4 rings (SSSR count). The number of carbonyl (C=O) groups is 2. The lowest BCUT2D eigenvalue weighted by molar-refractivity contribution is -0.140. The molecular weight excluding hydrogens is 653 g/mol. The van der Waals surface area contributed by atoms with E-state index in [2.05, 4.69) is 5.32 Å². The first kappa shape index (κ1) is 34.3. The fourth-order valence-corrected chi connectivity index (χ4v) is 6.81. The van der Waals surface area contributed by atoms with Gasteiger partial charge in [0, 0.05) is 34.1 Å². The summed E-state index contributed by atoms with van der Waals surface area (Å²) in [6.45, 7) is 4.84. The van der Waals surface area contributed by atoms with Crippen LogP contribution in [0.5, 0.6) is 0 Å². The van der Waals surface area contributed by atoms with E-state index in [1.54, 1.807) is 36.4 Å². The van der Waals surface area contributed by atoms with Crippen LogP contribution in [-0.4, -0.2) is 43.8 Å². The first-order chi connectivity index (χ1) is 21.3. The Morgan fingerprint density at radius 1 is 0.822 bits per heavy atom. The van der Waals surface area contributed by atoms with Gasteiger partial charge in [-0.05, 0) is 86.0 Å². The Hall–Kier alpha value is -3.56. The van der Waals surface area contributed by atoms with Crippen molar-refractivity contribution in [3.8, 4) is 0 Å². The average Bonchev–Trinajstić information content (AvgIpc) is 2.98. The minimum Gasteiger partial charge on any atom is -0.352 e. The fraction of sp³-hybridized carbons (Fsp3) is 0.235. The van der Waals surface area contributed by atoms with E-state index in [9.17, 15) is 18.0 Å². The fourth-order valence-electron chi connectivity index (χ4n) is 4.81. The maximum atomic E-state index is 14.5. The molecule has 2 amide bonds. The van der Waals surface area contributed by atoms with Gasteiger partial charge in [0.25, 0.3) is 10.0 Å². The van der Waals surface area contributed by atoms with Gasteiger partial charge < -0.3 is 10.2 Å². The number of rotatable bonds is 12. The number of carbonyl (C=O) groups excluding carboxylic acids is 2. The summed E-state index contributed by atoms with van der Waals surface area (Å²) in [5, 5.41) is 4.03. The number of sulfonamides is 1. The van der Waals surface area contributed by atoms with Crippen molar-refractivity contribution < 1.29 is 18.0 Å². The average molecular weight is 687 g/mol. The Bertz CT molecular complexity index is 1750. The molecule has 0 bridgehead atoms. The topological polar surface area (TPSA) is 86.8 Å². The third-order valence-corrected chi connectivity index (χ3v) is 9.65. The quantitative estimate of drug-likeness (QED) is 0.169. The van der Waals surface area contributed by atoms with Crippen molar-refractivity contribution in [2.75, 3.05) is 10.8 Å². The predicted molar refractivity (Wildman–Crippen MR) is 181 cm³/mol. The molecule has 0 fully saturated rings. The van der Waals surface area contributed by atoms with E-state index in [1.807, 2.05) is 57.2 Å². The van der Waals surface area contributed by atoms with Crippen LogP contribution in [0.25, 0.3) is 0 Å². The summed E-state index contributed by atoms with van der Waals surface area (Å²) in [7, 11) is -4.24. The third-order valence-electron chi connectivity index (χ3n) is 7.03. The van der Waals surface area contributed by atoms with Crippen LogP contribution >= 0.6 is 34.8 Å². The highest BCUT2D eigenvalue weighted by Gasteiger charge is 2.35. The number of aryl methyl sites for hydroxylation is 1. The predicted octanol–water partition coefficient (Wildman–Crippen LogP) is 7.32. The highest BCUT2D eigenvalue weighted by atomic mass is 35.5. The van der Waals surface area contributed by atoms with Gasteiger partial charge in [0.05, 0.1) is 10.6 Å². The van der Waals surface area contributed by atoms with Crippen molar-refractivity contribution >= 4 is 62.3 Å². The van der Waals surface area contributed by atoms with Gasteiger partial charge in [-0.3, -0.25) is 13.9 Å². The van der Waals surface area contributed by atoms with E-state index in [1.165, 1.54) is 29.2 Å². The normalized spacial score (nSPS) is 12.1. The van der Waals surface area contributed by atoms with E-state index in [0.29, 0.717) is 26.3 Å². The maximum Gasteiger partial charge on any atom is 0.264 e. The largest absolute Gasteiger partial charge is 0.352 e. The molecule has 4 aromatic carbocycles. The van der Waals surface area contributed by atoms with Crippen LogP contribution < -0.4 is 9.62 Å². The first-order valence-electron chi connectivity index (χ1n) is 14.3. The van der Waals surface area contributed by atoms with Gasteiger partial charge >= 0.3 is 0 Å². The zero-order valence-electron chi connectivity index (χ0n) is 25.1. The van der Waals surface area contributed by atoms with Crippen molar-refractivity contribution in [2.24, 2.45) is 0 Å². The number of nitrogens with one attached hydrogen (secondary N) is 1. The second-order valence-corrected chi connectivity index (χ2v) is 14.1. The van der Waals surface area contributed by atoms with Crippen LogP contribution in [0, 0.1) is 6.92 Å². The van der Waals surface area contributed by atoms with Crippen molar-refractivity contribution in [1.29, 1.82) is 0 Å². The van der Waals surface area contributed by atoms with Crippen LogP contribution in [-0.2, 0) is 32.6 Å². The van der Waals surface area contributed by atoms with Gasteiger partial charge in [0.15, 0.2) is 0 Å². The van der Waals surface area contributed by atoms with Crippen LogP contribution in [0.2, 0.25) is 15.1 Å². The van der Waals surface area contributed by atoms with Gasteiger partial charge in [0.2, 0.25) is 11.8 Å². The smallest absolute Gasteiger partial charge is 0.264 e. The molecule has 0 saturated heterocycles. The minimum atomic E-state index is -4.24. The monoisotopic (exact) mass is 685 g/mol. The molecule has 45 heavy (non-hydrogen) atoms. The van der Waals surface area contributed by atoms with Crippen molar-refractivity contribution in [2.45, 2.75) is 50.7 Å². The molecule has 0 heterocycles. The zero-order chi connectivity index (χ0) is 32.7. The Kier molecular flexibility index (Phi) is 11.6. The first-order valence-corrected chi connectivity index (χ1v) is 16.8. The molecule has 0 saturated carbocycles. The molecule has 0 aliphatic carbocycles. The van der Waals surface area contributed by atoms with Crippen molar-refractivity contribution in [3.05, 3.63) is 129 Å². The minimum absolute atomic E-state index is 0.0353. The van der Waals surface area contributed by atoms with Gasteiger partial charge in [-0.25, -0.2) is 8.42 Å². The third kappa shape index (κ3) is 9.01. The number of halogens is 3. The summed E-state index contributed by atoms with van der Waals surface area (Å²) in [5.74, 6) is -0.977. The molecule has 0 unspecified atom stereocenters. The van der Waals surface area contributed by atoms with E-state index >= 15 is 0 Å². The number of anilines is 1. The second kappa shape index (κ2) is 15.1. The van der Waals surface area contributed by atoms with Crippen LogP contribution in [0.4, 0.5) is 5.69 Å². The number of amides is 2. The van der Waals surface area contributed by atoms with Gasteiger partial charge in [-0.1, -0.05) is 83.3 Å². The Labute approximate surface area is 279 Å². The summed E-state index contributed by atoms with van der Waals surface area (Å²) in [6, 6.07) is 25.6. The van der Waals surface area contributed by atoms with Gasteiger partial charge in [-0.2, -0.15) is 0 Å². The maximum absolute atomic E-state index is 14.5. The summed E-state index contributed by atoms with van der Waals surface area (Å²) < 4.78 is 29.3. The molecule has 0 aliphatic heterocycles. The molecule has 0 aromatic heterocycles. The summed E-state index contributed by atoms with van der Waals surface area (Å²) in [6.07, 6.45) is 0.185. The van der Waals surface area contributed by atoms with Crippen LogP contribution in [0.3, 0.4) is 0 Å². The second-order valence-electron chi connectivity index (χ2n) is 10.9. The molecule has 4 aromatic rings. The standard InChI is InChI=1S/C34H34Cl3N3O4S/c1-23(2)38-34(42)32(19-25-9-5-4-6-10-25)39(21-26-12-13-28(36)20-31(26)37)33(41)22-40(29-11-7-8-24(3)18-29)45(43,44)30-16-14-27(35)15-17-30/h4-18,20,23,32H,19,21-22H2,1-3H3,(H,38,42)/t32-/m0/s1. The Morgan fingerprint density at radius 3 is 2.11 bits per heavy atom. The highest BCUT2D eigenvalue weighted by molar-refractivity contribution is 7.92. The number of benzene rings is 4. The SMILES string of the molecule is Cc1cccc(N(CC(=O)N(Cc2ccc(Cl)cc2Cl)[C@@H](Cc2ccccc2)C(=O)NC(C)C)S(=O)(=O)c2ccc(Cl)cc2)c1. The summed E-state index contributed by atoms with van der Waals surface area (Å²) in [4.78, 5) is 29.6. The molecule has 1 N–H and O–H groups in total. The zero-order valence-corrected chi connectivity index (χ0v) is 28.2. The van der Waals surface area contributed by atoms with Gasteiger partial charge in [-0.15, -0.1) is 0 Å². The van der Waals surface area contributed by atoms with Crippen LogP contribution in [0.15, 0.2) is 102 Å². The molecule has 236 valence electrons. The van der Waals surface area contributed by atoms with Crippen LogP contribution in [0.1, 0.15) is 30.5 Å². The number of hydrogen-bond acceptors (Lipinski definition) is 4. The van der Waals surface area contributed by atoms with E-state index in [0.717, 1.165) is 15.4 Å².